The summed E-state index contributed by atoms with van der Waals surface area (Å²) in [5.41, 5.74) is 2.10. The predicted octanol–water partition coefficient (Wildman–Crippen LogP) is 3.33. The molecule has 1 N–H and O–H groups in total. The lowest BCUT2D eigenvalue weighted by molar-refractivity contribution is -0.115. The van der Waals surface area contributed by atoms with Crippen LogP contribution in [0.2, 0.25) is 5.02 Å². The molecule has 3 nitrogen and oxygen atoms in total. The number of aldehydes is 1. The Kier molecular flexibility index (Phi) is 4.31. The van der Waals surface area contributed by atoms with Gasteiger partial charge >= 0.3 is 0 Å². The van der Waals surface area contributed by atoms with Crippen LogP contribution < -0.4 is 5.32 Å². The highest BCUT2D eigenvalue weighted by molar-refractivity contribution is 6.30. The van der Waals surface area contributed by atoms with Gasteiger partial charge < -0.3 is 5.32 Å². The number of carbonyl (C=O) groups excluding carboxylic acids is 2. The van der Waals surface area contributed by atoms with Crippen LogP contribution in [-0.4, -0.2) is 12.2 Å². The molecular formula is C15H12ClNO2. The van der Waals surface area contributed by atoms with Gasteiger partial charge in [-0.05, 0) is 42.0 Å². The molecule has 0 unspecified atom stereocenters. The van der Waals surface area contributed by atoms with Gasteiger partial charge in [0.25, 0.3) is 0 Å². The molecule has 0 aliphatic rings. The first-order valence-corrected chi connectivity index (χ1v) is 6.15. The van der Waals surface area contributed by atoms with Crippen molar-refractivity contribution in [3.63, 3.8) is 0 Å². The minimum atomic E-state index is -0.124. The first kappa shape index (κ1) is 13.3. The molecule has 0 aliphatic heterocycles. The summed E-state index contributed by atoms with van der Waals surface area (Å²) in [5, 5.41) is 3.37. The molecule has 2 aromatic carbocycles. The Bertz CT molecular complexity index is 593. The molecule has 19 heavy (non-hydrogen) atoms. The van der Waals surface area contributed by atoms with Crippen molar-refractivity contribution in [3.05, 3.63) is 64.7 Å². The van der Waals surface area contributed by atoms with Crippen molar-refractivity contribution in [2.24, 2.45) is 0 Å². The fourth-order valence-corrected chi connectivity index (χ4v) is 1.90. The summed E-state index contributed by atoms with van der Waals surface area (Å²) in [6, 6.07) is 13.9. The molecule has 0 saturated heterocycles. The summed E-state index contributed by atoms with van der Waals surface area (Å²) >= 11 is 5.86. The number of nitrogens with one attached hydrogen (secondary N) is 1. The van der Waals surface area contributed by atoms with Crippen molar-refractivity contribution in [1.29, 1.82) is 0 Å². The van der Waals surface area contributed by atoms with Crippen LogP contribution in [0.3, 0.4) is 0 Å². The van der Waals surface area contributed by atoms with E-state index in [4.69, 9.17) is 11.6 Å². The van der Waals surface area contributed by atoms with Gasteiger partial charge in [-0.25, -0.2) is 0 Å². The fourth-order valence-electron chi connectivity index (χ4n) is 1.68. The molecule has 96 valence electrons. The third kappa shape index (κ3) is 3.93. The van der Waals surface area contributed by atoms with E-state index in [9.17, 15) is 9.59 Å². The van der Waals surface area contributed by atoms with Crippen LogP contribution in [0.1, 0.15) is 15.9 Å². The van der Waals surface area contributed by atoms with Gasteiger partial charge in [0.15, 0.2) is 0 Å². The number of rotatable bonds is 4. The Morgan fingerprint density at radius 3 is 2.53 bits per heavy atom. The summed E-state index contributed by atoms with van der Waals surface area (Å²) in [4.78, 5) is 22.3. The van der Waals surface area contributed by atoms with E-state index in [2.05, 4.69) is 5.32 Å². The zero-order valence-electron chi connectivity index (χ0n) is 10.1. The highest BCUT2D eigenvalue weighted by Crippen LogP contribution is 2.13. The van der Waals surface area contributed by atoms with Gasteiger partial charge in [0.1, 0.15) is 6.29 Å². The van der Waals surface area contributed by atoms with Crippen molar-refractivity contribution in [3.8, 4) is 0 Å². The smallest absolute Gasteiger partial charge is 0.228 e. The van der Waals surface area contributed by atoms with E-state index in [1.54, 1.807) is 36.4 Å². The Balaban J connectivity index is 1.98. The Hall–Kier alpha value is -2.13. The monoisotopic (exact) mass is 273 g/mol. The van der Waals surface area contributed by atoms with Crippen molar-refractivity contribution < 1.29 is 9.59 Å². The summed E-state index contributed by atoms with van der Waals surface area (Å²) in [7, 11) is 0. The molecule has 0 saturated carbocycles. The second kappa shape index (κ2) is 6.16. The minimum Gasteiger partial charge on any atom is -0.326 e. The Labute approximate surface area is 116 Å². The van der Waals surface area contributed by atoms with Crippen molar-refractivity contribution >= 4 is 29.5 Å². The van der Waals surface area contributed by atoms with Crippen molar-refractivity contribution in [2.75, 3.05) is 5.32 Å². The fraction of sp³-hybridized carbons (Fsp3) is 0.0667. The van der Waals surface area contributed by atoms with Crippen molar-refractivity contribution in [1.82, 2.24) is 0 Å². The number of hydrogen-bond donors (Lipinski definition) is 1. The highest BCUT2D eigenvalue weighted by atomic mass is 35.5. The van der Waals surface area contributed by atoms with Crippen LogP contribution in [0.4, 0.5) is 5.69 Å². The molecule has 4 heteroatoms. The van der Waals surface area contributed by atoms with Crippen LogP contribution in [0.15, 0.2) is 48.5 Å². The van der Waals surface area contributed by atoms with Crippen LogP contribution in [0.5, 0.6) is 0 Å². The molecule has 2 aromatic rings. The van der Waals surface area contributed by atoms with E-state index in [1.807, 2.05) is 12.1 Å². The molecule has 0 heterocycles. The maximum Gasteiger partial charge on any atom is 0.228 e. The quantitative estimate of drug-likeness (QED) is 0.869. The lowest BCUT2D eigenvalue weighted by atomic mass is 10.1. The van der Waals surface area contributed by atoms with Crippen molar-refractivity contribution in [2.45, 2.75) is 6.42 Å². The topological polar surface area (TPSA) is 46.2 Å². The third-order valence-corrected chi connectivity index (χ3v) is 2.82. The third-order valence-electron chi connectivity index (χ3n) is 2.58. The van der Waals surface area contributed by atoms with Crippen LogP contribution in [0.25, 0.3) is 0 Å². The lowest BCUT2D eigenvalue weighted by Crippen LogP contribution is -2.14. The molecule has 2 rings (SSSR count). The molecular weight excluding hydrogens is 262 g/mol. The first-order valence-electron chi connectivity index (χ1n) is 5.77. The van der Waals surface area contributed by atoms with Crippen LogP contribution >= 0.6 is 11.6 Å². The van der Waals surface area contributed by atoms with E-state index in [-0.39, 0.29) is 12.3 Å². The largest absolute Gasteiger partial charge is 0.326 e. The second-order valence-corrected chi connectivity index (χ2v) is 4.53. The highest BCUT2D eigenvalue weighted by Gasteiger charge is 2.04. The Morgan fingerprint density at radius 1 is 1.16 bits per heavy atom. The number of halogens is 1. The van der Waals surface area contributed by atoms with Gasteiger partial charge in [-0.2, -0.15) is 0 Å². The van der Waals surface area contributed by atoms with Gasteiger partial charge in [-0.15, -0.1) is 0 Å². The normalized spacial score (nSPS) is 9.95. The summed E-state index contributed by atoms with van der Waals surface area (Å²) in [5.74, 6) is -0.124. The predicted molar refractivity (Wildman–Crippen MR) is 75.6 cm³/mol. The van der Waals surface area contributed by atoms with E-state index < -0.39 is 0 Å². The van der Waals surface area contributed by atoms with Gasteiger partial charge in [-0.1, -0.05) is 23.7 Å². The minimum absolute atomic E-state index is 0.124. The van der Waals surface area contributed by atoms with E-state index >= 15 is 0 Å². The first-order chi connectivity index (χ1) is 9.17. The molecule has 0 radical (unpaired) electrons. The number of hydrogen-bond acceptors (Lipinski definition) is 2. The average Bonchev–Trinajstić information content (AvgIpc) is 2.39. The summed E-state index contributed by atoms with van der Waals surface area (Å²) in [6.45, 7) is 0. The van der Waals surface area contributed by atoms with E-state index in [0.717, 1.165) is 11.8 Å². The molecule has 0 spiro atoms. The molecule has 0 fully saturated rings. The molecule has 0 bridgehead atoms. The van der Waals surface area contributed by atoms with Crippen LogP contribution in [-0.2, 0) is 11.2 Å². The van der Waals surface area contributed by atoms with E-state index in [0.29, 0.717) is 16.3 Å². The Morgan fingerprint density at radius 2 is 1.89 bits per heavy atom. The number of anilines is 1. The van der Waals surface area contributed by atoms with Crippen LogP contribution in [0, 0.1) is 0 Å². The summed E-state index contributed by atoms with van der Waals surface area (Å²) < 4.78 is 0. The molecule has 0 aliphatic carbocycles. The maximum absolute atomic E-state index is 11.8. The lowest BCUT2D eigenvalue weighted by Gasteiger charge is -2.05. The average molecular weight is 274 g/mol. The zero-order chi connectivity index (χ0) is 13.7. The number of carbonyl (C=O) groups is 2. The maximum atomic E-state index is 11.8. The summed E-state index contributed by atoms with van der Waals surface area (Å²) in [6.07, 6.45) is 1.02. The molecule has 0 aromatic heterocycles. The SMILES string of the molecule is O=Cc1ccc(NC(=O)Cc2cccc(Cl)c2)cc1. The number of amides is 1. The standard InChI is InChI=1S/C15H12ClNO2/c16-13-3-1-2-12(8-13)9-15(19)17-14-6-4-11(10-18)5-7-14/h1-8,10H,9H2,(H,17,19). The molecule has 0 atom stereocenters. The van der Waals surface area contributed by atoms with E-state index in [1.165, 1.54) is 0 Å². The molecule has 1 amide bonds. The van der Waals surface area contributed by atoms with Gasteiger partial charge in [0.2, 0.25) is 5.91 Å². The van der Waals surface area contributed by atoms with Gasteiger partial charge in [0, 0.05) is 16.3 Å². The second-order valence-electron chi connectivity index (χ2n) is 4.09. The van der Waals surface area contributed by atoms with Gasteiger partial charge in [0.05, 0.1) is 6.42 Å². The van der Waals surface area contributed by atoms with Gasteiger partial charge in [-0.3, -0.25) is 9.59 Å². The number of benzene rings is 2. The zero-order valence-corrected chi connectivity index (χ0v) is 10.9.